The summed E-state index contributed by atoms with van der Waals surface area (Å²) in [6.07, 6.45) is 0. The van der Waals surface area contributed by atoms with Crippen LogP contribution in [0.2, 0.25) is 0 Å². The predicted octanol–water partition coefficient (Wildman–Crippen LogP) is 1.56. The van der Waals surface area contributed by atoms with Crippen LogP contribution in [0.1, 0.15) is 19.4 Å². The molecule has 0 radical (unpaired) electrons. The number of nitrogens with one attached hydrogen (secondary N) is 2. The van der Waals surface area contributed by atoms with E-state index in [0.717, 1.165) is 0 Å². The zero-order valence-electron chi connectivity index (χ0n) is 11.0. The number of rotatable bonds is 5. The Morgan fingerprint density at radius 3 is 2.63 bits per heavy atom. The van der Waals surface area contributed by atoms with Crippen molar-refractivity contribution in [1.82, 2.24) is 10.0 Å². The molecule has 19 heavy (non-hydrogen) atoms. The van der Waals surface area contributed by atoms with E-state index in [1.807, 2.05) is 0 Å². The summed E-state index contributed by atoms with van der Waals surface area (Å²) in [7, 11) is -3.72. The highest BCUT2D eigenvalue weighted by Crippen LogP contribution is 2.20. The molecule has 0 saturated carbocycles. The summed E-state index contributed by atoms with van der Waals surface area (Å²) in [6, 6.07) is 4.17. The molecule has 0 aliphatic rings. The first kappa shape index (κ1) is 16.1. The number of amides is 1. The number of aryl methyl sites for hydroxylation is 1. The van der Waals surface area contributed by atoms with Gasteiger partial charge in [-0.3, -0.25) is 4.79 Å². The van der Waals surface area contributed by atoms with Gasteiger partial charge in [-0.25, -0.2) is 8.42 Å². The van der Waals surface area contributed by atoms with Crippen molar-refractivity contribution in [2.75, 3.05) is 6.54 Å². The summed E-state index contributed by atoms with van der Waals surface area (Å²) >= 11 is 3.24. The van der Waals surface area contributed by atoms with Gasteiger partial charge in [-0.1, -0.05) is 22.0 Å². The van der Waals surface area contributed by atoms with Crippen molar-refractivity contribution < 1.29 is 13.2 Å². The molecule has 1 aromatic carbocycles. The van der Waals surface area contributed by atoms with E-state index in [1.54, 1.807) is 26.0 Å². The second-order valence-corrected chi connectivity index (χ2v) is 6.75. The van der Waals surface area contributed by atoms with Crippen molar-refractivity contribution in [2.24, 2.45) is 0 Å². The number of benzene rings is 1. The van der Waals surface area contributed by atoms with Crippen LogP contribution in [-0.2, 0) is 14.8 Å². The molecule has 106 valence electrons. The highest BCUT2D eigenvalue weighted by atomic mass is 79.9. The SMILES string of the molecule is CCNC(=O)[C@H](C)NS(=O)(=O)c1cc(Br)ccc1C. The average molecular weight is 349 g/mol. The predicted molar refractivity (Wildman–Crippen MR) is 77.3 cm³/mol. The van der Waals surface area contributed by atoms with E-state index in [2.05, 4.69) is 26.0 Å². The number of carbonyl (C=O) groups is 1. The molecule has 0 bridgehead atoms. The summed E-state index contributed by atoms with van der Waals surface area (Å²) in [4.78, 5) is 11.7. The fourth-order valence-corrected chi connectivity index (χ4v) is 3.53. The number of halogens is 1. The fraction of sp³-hybridized carbons (Fsp3) is 0.417. The van der Waals surface area contributed by atoms with Gasteiger partial charge in [0.25, 0.3) is 0 Å². The lowest BCUT2D eigenvalue weighted by atomic mass is 10.2. The number of hydrogen-bond donors (Lipinski definition) is 2. The molecule has 0 saturated heterocycles. The van der Waals surface area contributed by atoms with Crippen molar-refractivity contribution in [3.8, 4) is 0 Å². The van der Waals surface area contributed by atoms with Crippen LogP contribution in [0.4, 0.5) is 0 Å². The van der Waals surface area contributed by atoms with E-state index in [9.17, 15) is 13.2 Å². The van der Waals surface area contributed by atoms with E-state index in [1.165, 1.54) is 13.0 Å². The summed E-state index contributed by atoms with van der Waals surface area (Å²) in [6.45, 7) is 5.45. The zero-order valence-corrected chi connectivity index (χ0v) is 13.4. The Kier molecular flexibility index (Phi) is 5.51. The molecule has 0 unspecified atom stereocenters. The van der Waals surface area contributed by atoms with Gasteiger partial charge in [0.05, 0.1) is 10.9 Å². The van der Waals surface area contributed by atoms with E-state index < -0.39 is 16.1 Å². The molecule has 1 atom stereocenters. The van der Waals surface area contributed by atoms with Crippen LogP contribution >= 0.6 is 15.9 Å². The van der Waals surface area contributed by atoms with Gasteiger partial charge in [0.15, 0.2) is 0 Å². The first-order chi connectivity index (χ1) is 8.77. The molecule has 0 spiro atoms. The third kappa shape index (κ3) is 4.29. The monoisotopic (exact) mass is 348 g/mol. The molecule has 1 aromatic rings. The third-order valence-corrected chi connectivity index (χ3v) is 4.69. The number of likely N-dealkylation sites (N-methyl/N-ethyl adjacent to an activating group) is 1. The lowest BCUT2D eigenvalue weighted by Gasteiger charge is -2.15. The molecule has 1 amide bonds. The van der Waals surface area contributed by atoms with Crippen LogP contribution in [0.15, 0.2) is 27.6 Å². The summed E-state index contributed by atoms with van der Waals surface area (Å²) in [5.74, 6) is -0.348. The van der Waals surface area contributed by atoms with E-state index in [-0.39, 0.29) is 10.8 Å². The van der Waals surface area contributed by atoms with Gasteiger partial charge in [-0.15, -0.1) is 0 Å². The highest BCUT2D eigenvalue weighted by molar-refractivity contribution is 9.10. The van der Waals surface area contributed by atoms with Gasteiger partial charge in [0, 0.05) is 11.0 Å². The number of sulfonamides is 1. The van der Waals surface area contributed by atoms with E-state index in [4.69, 9.17) is 0 Å². The average Bonchev–Trinajstić information content (AvgIpc) is 2.31. The smallest absolute Gasteiger partial charge is 0.241 e. The van der Waals surface area contributed by atoms with Crippen LogP contribution in [-0.4, -0.2) is 26.9 Å². The Bertz CT molecular complexity index is 572. The molecular formula is C12H17BrN2O3S. The molecule has 5 nitrogen and oxygen atoms in total. The quantitative estimate of drug-likeness (QED) is 0.847. The fourth-order valence-electron chi connectivity index (χ4n) is 1.54. The maximum atomic E-state index is 12.2. The minimum Gasteiger partial charge on any atom is -0.355 e. The summed E-state index contributed by atoms with van der Waals surface area (Å²) in [5, 5.41) is 2.57. The second-order valence-electron chi connectivity index (χ2n) is 4.15. The molecule has 0 heterocycles. The number of carbonyl (C=O) groups excluding carboxylic acids is 1. The highest BCUT2D eigenvalue weighted by Gasteiger charge is 2.23. The minimum atomic E-state index is -3.72. The molecule has 1 rings (SSSR count). The van der Waals surface area contributed by atoms with E-state index >= 15 is 0 Å². The first-order valence-electron chi connectivity index (χ1n) is 5.84. The lowest BCUT2D eigenvalue weighted by molar-refractivity contribution is -0.122. The van der Waals surface area contributed by atoms with Crippen LogP contribution in [0, 0.1) is 6.92 Å². The van der Waals surface area contributed by atoms with Crippen molar-refractivity contribution >= 4 is 31.9 Å². The molecule has 7 heteroatoms. The van der Waals surface area contributed by atoms with Crippen molar-refractivity contribution in [3.63, 3.8) is 0 Å². The second kappa shape index (κ2) is 6.49. The largest absolute Gasteiger partial charge is 0.355 e. The van der Waals surface area contributed by atoms with Crippen LogP contribution in [0.3, 0.4) is 0 Å². The Morgan fingerprint density at radius 2 is 2.05 bits per heavy atom. The Labute approximate surface area is 122 Å². The molecule has 0 aromatic heterocycles. The van der Waals surface area contributed by atoms with Crippen LogP contribution in [0.25, 0.3) is 0 Å². The third-order valence-electron chi connectivity index (χ3n) is 2.52. The Hall–Kier alpha value is -0.920. The Morgan fingerprint density at radius 1 is 1.42 bits per heavy atom. The molecular weight excluding hydrogens is 332 g/mol. The zero-order chi connectivity index (χ0) is 14.6. The molecule has 0 aliphatic carbocycles. The van der Waals surface area contributed by atoms with Gasteiger partial charge in [-0.05, 0) is 38.5 Å². The summed E-state index contributed by atoms with van der Waals surface area (Å²) < 4.78 is 27.5. The lowest BCUT2D eigenvalue weighted by Crippen LogP contribution is -2.44. The Balaban J connectivity index is 2.99. The van der Waals surface area contributed by atoms with Gasteiger partial charge in [-0.2, -0.15) is 4.72 Å². The normalized spacial score (nSPS) is 13.1. The van der Waals surface area contributed by atoms with Crippen molar-refractivity contribution in [3.05, 3.63) is 28.2 Å². The van der Waals surface area contributed by atoms with Gasteiger partial charge < -0.3 is 5.32 Å². The minimum absolute atomic E-state index is 0.165. The first-order valence-corrected chi connectivity index (χ1v) is 8.11. The van der Waals surface area contributed by atoms with Gasteiger partial charge in [0.2, 0.25) is 15.9 Å². The van der Waals surface area contributed by atoms with E-state index in [0.29, 0.717) is 16.6 Å². The standard InChI is InChI=1S/C12H17BrN2O3S/c1-4-14-12(16)9(3)15-19(17,18)11-7-10(13)6-5-8(11)2/h5-7,9,15H,4H2,1-3H3,(H,14,16)/t9-/m0/s1. The maximum absolute atomic E-state index is 12.2. The number of hydrogen-bond acceptors (Lipinski definition) is 3. The van der Waals surface area contributed by atoms with Crippen LogP contribution in [0.5, 0.6) is 0 Å². The summed E-state index contributed by atoms with van der Waals surface area (Å²) in [5.41, 5.74) is 0.624. The van der Waals surface area contributed by atoms with Crippen molar-refractivity contribution in [2.45, 2.75) is 31.7 Å². The van der Waals surface area contributed by atoms with Gasteiger partial charge >= 0.3 is 0 Å². The van der Waals surface area contributed by atoms with Gasteiger partial charge in [0.1, 0.15) is 0 Å². The van der Waals surface area contributed by atoms with Crippen LogP contribution < -0.4 is 10.0 Å². The van der Waals surface area contributed by atoms with Crippen molar-refractivity contribution in [1.29, 1.82) is 0 Å². The maximum Gasteiger partial charge on any atom is 0.241 e. The topological polar surface area (TPSA) is 75.3 Å². The molecule has 2 N–H and O–H groups in total. The molecule has 0 aliphatic heterocycles. The molecule has 0 fully saturated rings.